The second-order valence-electron chi connectivity index (χ2n) is 6.82. The van der Waals surface area contributed by atoms with Crippen LogP contribution in [0.5, 0.6) is 0 Å². The van der Waals surface area contributed by atoms with Gasteiger partial charge in [-0.1, -0.05) is 36.6 Å². The molecule has 1 heterocycles. The predicted octanol–water partition coefficient (Wildman–Crippen LogP) is 3.93. The van der Waals surface area contributed by atoms with E-state index in [2.05, 4.69) is 14.9 Å². The van der Waals surface area contributed by atoms with Crippen molar-refractivity contribution in [2.75, 3.05) is 6.54 Å². The van der Waals surface area contributed by atoms with Crippen LogP contribution in [0.1, 0.15) is 48.6 Å². The maximum absolute atomic E-state index is 12.7. The first-order valence-electron chi connectivity index (χ1n) is 8.65. The fraction of sp³-hybridized carbons (Fsp3) is 0.500. The number of H-pyrrole nitrogens is 1. The summed E-state index contributed by atoms with van der Waals surface area (Å²) in [5, 5.41) is 7.43. The molecule has 1 aromatic carbocycles. The number of hydrogen-bond acceptors (Lipinski definition) is 3. The zero-order valence-electron chi connectivity index (χ0n) is 14.5. The van der Waals surface area contributed by atoms with Gasteiger partial charge in [0.1, 0.15) is 4.90 Å². The number of sulfonamides is 1. The highest BCUT2D eigenvalue weighted by Gasteiger charge is 2.29. The normalized spacial score (nSPS) is 17.1. The van der Waals surface area contributed by atoms with Crippen LogP contribution in [0.3, 0.4) is 0 Å². The van der Waals surface area contributed by atoms with Crippen LogP contribution in [-0.4, -0.2) is 25.2 Å². The van der Waals surface area contributed by atoms with Crippen LogP contribution >= 0.6 is 11.6 Å². The Hall–Kier alpha value is -1.37. The maximum Gasteiger partial charge on any atom is 0.244 e. The summed E-state index contributed by atoms with van der Waals surface area (Å²) in [5.41, 5.74) is 2.20. The van der Waals surface area contributed by atoms with Crippen molar-refractivity contribution in [1.29, 1.82) is 0 Å². The summed E-state index contributed by atoms with van der Waals surface area (Å²) in [4.78, 5) is 0.258. The zero-order chi connectivity index (χ0) is 18.0. The van der Waals surface area contributed by atoms with E-state index in [-0.39, 0.29) is 10.8 Å². The largest absolute Gasteiger partial charge is 0.281 e. The van der Waals surface area contributed by atoms with Crippen molar-refractivity contribution in [3.8, 4) is 0 Å². The van der Waals surface area contributed by atoms with Gasteiger partial charge in [0.25, 0.3) is 0 Å². The maximum atomic E-state index is 12.7. The standard InChI is InChI=1S/C18H24ClN3O2S/c1-12-18(13(2)22-21-12)25(23,24)20-11-17(14-5-3-4-6-14)15-7-9-16(19)10-8-15/h7-10,14,17,20H,3-6,11H2,1-2H3,(H,21,22). The van der Waals surface area contributed by atoms with Crippen molar-refractivity contribution in [1.82, 2.24) is 14.9 Å². The molecule has 0 bridgehead atoms. The van der Waals surface area contributed by atoms with Gasteiger partial charge in [0.2, 0.25) is 10.0 Å². The Balaban J connectivity index is 1.82. The Kier molecular flexibility index (Phi) is 5.51. The topological polar surface area (TPSA) is 74.8 Å². The van der Waals surface area contributed by atoms with Crippen molar-refractivity contribution in [3.05, 3.63) is 46.2 Å². The molecule has 25 heavy (non-hydrogen) atoms. The Morgan fingerprint density at radius 3 is 2.44 bits per heavy atom. The van der Waals surface area contributed by atoms with Crippen LogP contribution in [-0.2, 0) is 10.0 Å². The Labute approximate surface area is 154 Å². The third kappa shape index (κ3) is 4.07. The van der Waals surface area contributed by atoms with E-state index in [9.17, 15) is 8.42 Å². The predicted molar refractivity (Wildman–Crippen MR) is 99.4 cm³/mol. The molecule has 1 atom stereocenters. The van der Waals surface area contributed by atoms with Gasteiger partial charge >= 0.3 is 0 Å². The quantitative estimate of drug-likeness (QED) is 0.795. The molecule has 136 valence electrons. The van der Waals surface area contributed by atoms with Crippen molar-refractivity contribution >= 4 is 21.6 Å². The van der Waals surface area contributed by atoms with Gasteiger partial charge in [-0.3, -0.25) is 5.10 Å². The van der Waals surface area contributed by atoms with Gasteiger partial charge in [-0.15, -0.1) is 0 Å². The number of nitrogens with zero attached hydrogens (tertiary/aromatic N) is 1. The molecule has 0 saturated heterocycles. The SMILES string of the molecule is Cc1n[nH]c(C)c1S(=O)(=O)NCC(c1ccc(Cl)cc1)C1CCCC1. The lowest BCUT2D eigenvalue weighted by Crippen LogP contribution is -2.31. The third-order valence-corrected chi connectivity index (χ3v) is 7.03. The average Bonchev–Trinajstić information content (AvgIpc) is 3.19. The third-order valence-electron chi connectivity index (χ3n) is 5.09. The molecule has 0 aliphatic heterocycles. The molecule has 1 saturated carbocycles. The molecule has 1 aromatic heterocycles. The van der Waals surface area contributed by atoms with Crippen molar-refractivity contribution in [3.63, 3.8) is 0 Å². The monoisotopic (exact) mass is 381 g/mol. The van der Waals surface area contributed by atoms with E-state index >= 15 is 0 Å². The van der Waals surface area contributed by atoms with E-state index in [0.717, 1.165) is 18.4 Å². The first-order valence-corrected chi connectivity index (χ1v) is 10.5. The van der Waals surface area contributed by atoms with Gasteiger partial charge in [0, 0.05) is 17.5 Å². The minimum absolute atomic E-state index is 0.155. The van der Waals surface area contributed by atoms with Gasteiger partial charge in [0.15, 0.2) is 0 Å². The van der Waals surface area contributed by atoms with Gasteiger partial charge in [-0.2, -0.15) is 5.10 Å². The Morgan fingerprint density at radius 2 is 1.88 bits per heavy atom. The molecule has 1 aliphatic rings. The average molecular weight is 382 g/mol. The van der Waals surface area contributed by atoms with Gasteiger partial charge < -0.3 is 0 Å². The van der Waals surface area contributed by atoms with Gasteiger partial charge in [0.05, 0.1) is 11.4 Å². The van der Waals surface area contributed by atoms with Crippen LogP contribution in [0.2, 0.25) is 5.02 Å². The van der Waals surface area contributed by atoms with Crippen LogP contribution < -0.4 is 4.72 Å². The highest BCUT2D eigenvalue weighted by molar-refractivity contribution is 7.89. The van der Waals surface area contributed by atoms with E-state index in [1.165, 1.54) is 12.8 Å². The van der Waals surface area contributed by atoms with E-state index in [1.807, 2.05) is 24.3 Å². The fourth-order valence-electron chi connectivity index (χ4n) is 3.83. The molecule has 5 nitrogen and oxygen atoms in total. The van der Waals surface area contributed by atoms with Crippen molar-refractivity contribution in [2.45, 2.75) is 50.3 Å². The second kappa shape index (κ2) is 7.48. The first-order chi connectivity index (χ1) is 11.9. The number of aromatic nitrogens is 2. The molecule has 7 heteroatoms. The molecule has 0 amide bonds. The van der Waals surface area contributed by atoms with E-state index in [0.29, 0.717) is 28.9 Å². The summed E-state index contributed by atoms with van der Waals surface area (Å²) >= 11 is 6.01. The van der Waals surface area contributed by atoms with Crippen LogP contribution in [0.15, 0.2) is 29.2 Å². The second-order valence-corrected chi connectivity index (χ2v) is 8.96. The van der Waals surface area contributed by atoms with Crippen LogP contribution in [0.4, 0.5) is 0 Å². The number of hydrogen-bond donors (Lipinski definition) is 2. The van der Waals surface area contributed by atoms with E-state index in [4.69, 9.17) is 11.6 Å². The smallest absolute Gasteiger partial charge is 0.244 e. The van der Waals surface area contributed by atoms with Gasteiger partial charge in [-0.25, -0.2) is 13.1 Å². The molecular formula is C18H24ClN3O2S. The summed E-state index contributed by atoms with van der Waals surface area (Å²) in [7, 11) is -3.59. The molecule has 1 fully saturated rings. The van der Waals surface area contributed by atoms with E-state index in [1.54, 1.807) is 13.8 Å². The summed E-state index contributed by atoms with van der Waals surface area (Å²) in [6.45, 7) is 3.81. The summed E-state index contributed by atoms with van der Waals surface area (Å²) in [6.07, 6.45) is 4.69. The van der Waals surface area contributed by atoms with E-state index < -0.39 is 10.0 Å². The molecule has 3 rings (SSSR count). The molecule has 1 aliphatic carbocycles. The molecule has 0 radical (unpaired) electrons. The summed E-state index contributed by atoms with van der Waals surface area (Å²) in [5.74, 6) is 0.650. The molecular weight excluding hydrogens is 358 g/mol. The minimum atomic E-state index is -3.59. The Bertz CT molecular complexity index is 805. The number of aryl methyl sites for hydroxylation is 2. The lowest BCUT2D eigenvalue weighted by Gasteiger charge is -2.24. The number of halogens is 1. The van der Waals surface area contributed by atoms with Crippen molar-refractivity contribution in [2.24, 2.45) is 5.92 Å². The minimum Gasteiger partial charge on any atom is -0.281 e. The fourth-order valence-corrected chi connectivity index (χ4v) is 5.39. The number of benzene rings is 1. The molecule has 2 N–H and O–H groups in total. The first kappa shape index (κ1) is 18.4. The molecule has 2 aromatic rings. The van der Waals surface area contributed by atoms with Crippen molar-refractivity contribution < 1.29 is 8.42 Å². The molecule has 0 spiro atoms. The summed E-state index contributed by atoms with van der Waals surface area (Å²) in [6, 6.07) is 7.76. The highest BCUT2D eigenvalue weighted by atomic mass is 35.5. The lowest BCUT2D eigenvalue weighted by atomic mass is 9.85. The Morgan fingerprint density at radius 1 is 1.24 bits per heavy atom. The zero-order valence-corrected chi connectivity index (χ0v) is 16.1. The lowest BCUT2D eigenvalue weighted by molar-refractivity contribution is 0.428. The highest BCUT2D eigenvalue weighted by Crippen LogP contribution is 2.37. The number of rotatable bonds is 6. The van der Waals surface area contributed by atoms with Crippen LogP contribution in [0, 0.1) is 19.8 Å². The van der Waals surface area contributed by atoms with Gasteiger partial charge in [-0.05, 0) is 50.3 Å². The summed E-state index contributed by atoms with van der Waals surface area (Å²) < 4.78 is 28.3. The van der Waals surface area contributed by atoms with Crippen LogP contribution in [0.25, 0.3) is 0 Å². The number of nitrogens with one attached hydrogen (secondary N) is 2. The number of aromatic amines is 1. The molecule has 1 unspecified atom stereocenters.